The van der Waals surface area contributed by atoms with Gasteiger partial charge >= 0.3 is 12.4 Å². The van der Waals surface area contributed by atoms with Gasteiger partial charge in [0.25, 0.3) is 11.8 Å². The van der Waals surface area contributed by atoms with E-state index in [9.17, 15) is 35.9 Å². The number of aryl methyl sites for hydroxylation is 1. The number of nitrogens with zero attached hydrogens (tertiary/aromatic N) is 1. The number of halogens is 6. The molecule has 0 aromatic heterocycles. The number of rotatable bonds is 5. The maximum atomic E-state index is 13.4. The van der Waals surface area contributed by atoms with Crippen LogP contribution in [0, 0.1) is 0 Å². The molecule has 0 saturated carbocycles. The topological polar surface area (TPSA) is 58.6 Å². The third-order valence-electron chi connectivity index (χ3n) is 6.39. The molecule has 0 radical (unpaired) electrons. The van der Waals surface area contributed by atoms with Crippen LogP contribution in [0.2, 0.25) is 0 Å². The number of carbonyl (C=O) groups excluding carboxylic acids is 2. The number of alkyl halides is 6. The van der Waals surface area contributed by atoms with E-state index in [2.05, 4.69) is 5.32 Å². The molecule has 2 amide bonds. The Kier molecular flexibility index (Phi) is 6.83. The van der Waals surface area contributed by atoms with Crippen molar-refractivity contribution in [3.8, 4) is 0 Å². The smallest absolute Gasteiger partial charge is 0.416 e. The number of likely N-dealkylation sites (N-methyl/N-ethyl adjacent to an activating group) is 1. The fourth-order valence-corrected chi connectivity index (χ4v) is 4.57. The summed E-state index contributed by atoms with van der Waals surface area (Å²) in [5.41, 5.74) is -1.49. The van der Waals surface area contributed by atoms with Crippen molar-refractivity contribution < 1.29 is 40.7 Å². The van der Waals surface area contributed by atoms with Crippen molar-refractivity contribution >= 4 is 17.5 Å². The van der Waals surface area contributed by atoms with Gasteiger partial charge in [-0.15, -0.1) is 0 Å². The molecule has 1 aliphatic heterocycles. The molecule has 196 valence electrons. The van der Waals surface area contributed by atoms with Crippen LogP contribution in [-0.2, 0) is 33.1 Å². The molecule has 2 aliphatic rings. The highest BCUT2D eigenvalue weighted by Gasteiger charge is 2.40. The molecule has 11 heteroatoms. The van der Waals surface area contributed by atoms with Gasteiger partial charge in [0.1, 0.15) is 0 Å². The van der Waals surface area contributed by atoms with Crippen LogP contribution in [0.5, 0.6) is 0 Å². The van der Waals surface area contributed by atoms with E-state index in [1.165, 1.54) is 20.0 Å². The quantitative estimate of drug-likeness (QED) is 0.309. The molecular weight excluding hydrogens is 502 g/mol. The molecule has 1 heterocycles. The van der Waals surface area contributed by atoms with E-state index < -0.39 is 47.2 Å². The van der Waals surface area contributed by atoms with Crippen LogP contribution in [0.1, 0.15) is 41.5 Å². The average molecular weight is 524 g/mol. The molecule has 2 aromatic rings. The van der Waals surface area contributed by atoms with Gasteiger partial charge in [0.15, 0.2) is 6.23 Å². The lowest BCUT2D eigenvalue weighted by atomic mass is 9.93. The van der Waals surface area contributed by atoms with Crippen molar-refractivity contribution in [3.63, 3.8) is 0 Å². The van der Waals surface area contributed by atoms with Crippen molar-refractivity contribution in [2.24, 2.45) is 0 Å². The highest BCUT2D eigenvalue weighted by Crippen LogP contribution is 2.41. The van der Waals surface area contributed by atoms with Gasteiger partial charge in [-0.05, 0) is 55.2 Å². The van der Waals surface area contributed by atoms with Crippen molar-refractivity contribution in [1.29, 1.82) is 0 Å². The van der Waals surface area contributed by atoms with E-state index in [4.69, 9.17) is 4.74 Å². The molecule has 2 unspecified atom stereocenters. The van der Waals surface area contributed by atoms with Crippen LogP contribution >= 0.6 is 0 Å². The monoisotopic (exact) mass is 524 g/mol. The second-order valence-corrected chi connectivity index (χ2v) is 8.76. The van der Waals surface area contributed by atoms with Gasteiger partial charge in [0.2, 0.25) is 0 Å². The van der Waals surface area contributed by atoms with Gasteiger partial charge < -0.3 is 10.1 Å². The van der Waals surface area contributed by atoms with E-state index in [-0.39, 0.29) is 23.1 Å². The predicted octanol–water partition coefficient (Wildman–Crippen LogP) is 5.72. The van der Waals surface area contributed by atoms with Gasteiger partial charge in [0.05, 0.1) is 23.0 Å². The first-order valence-electron chi connectivity index (χ1n) is 11.3. The predicted molar refractivity (Wildman–Crippen MR) is 122 cm³/mol. The van der Waals surface area contributed by atoms with Gasteiger partial charge in [-0.25, -0.2) is 0 Å². The van der Waals surface area contributed by atoms with Crippen LogP contribution in [-0.4, -0.2) is 25.1 Å². The Morgan fingerprint density at radius 3 is 2.27 bits per heavy atom. The summed E-state index contributed by atoms with van der Waals surface area (Å²) in [6.07, 6.45) is -7.81. The maximum Gasteiger partial charge on any atom is 0.416 e. The third kappa shape index (κ3) is 5.21. The Morgan fingerprint density at radius 1 is 1.05 bits per heavy atom. The van der Waals surface area contributed by atoms with E-state index in [1.807, 2.05) is 24.3 Å². The molecule has 4 rings (SSSR count). The summed E-state index contributed by atoms with van der Waals surface area (Å²) >= 11 is 0. The SMILES string of the molecule is CNC(=O)/C(=C/OC1C=C(C)C(=O)N1c1cc(C(F)(F)F)cc(C(F)(F)F)c1)C1CCc2ccccc21. The summed E-state index contributed by atoms with van der Waals surface area (Å²) in [5, 5.41) is 2.52. The van der Waals surface area contributed by atoms with Crippen LogP contribution in [0.3, 0.4) is 0 Å². The van der Waals surface area contributed by atoms with Gasteiger partial charge in [0, 0.05) is 24.2 Å². The van der Waals surface area contributed by atoms with Crippen molar-refractivity contribution in [3.05, 3.63) is 88.2 Å². The number of amides is 2. The Morgan fingerprint density at radius 2 is 1.68 bits per heavy atom. The van der Waals surface area contributed by atoms with Crippen molar-refractivity contribution in [1.82, 2.24) is 5.32 Å². The van der Waals surface area contributed by atoms with Gasteiger partial charge in [-0.1, -0.05) is 24.3 Å². The zero-order valence-electron chi connectivity index (χ0n) is 19.7. The van der Waals surface area contributed by atoms with Crippen LogP contribution in [0.15, 0.2) is 65.9 Å². The van der Waals surface area contributed by atoms with E-state index in [1.54, 1.807) is 0 Å². The van der Waals surface area contributed by atoms with Crippen LogP contribution < -0.4 is 10.2 Å². The average Bonchev–Trinajstić information content (AvgIpc) is 3.38. The number of ether oxygens (including phenoxy) is 1. The fraction of sp³-hybridized carbons (Fsp3) is 0.308. The largest absolute Gasteiger partial charge is 0.474 e. The minimum Gasteiger partial charge on any atom is -0.474 e. The number of hydrogen-bond acceptors (Lipinski definition) is 3. The minimum atomic E-state index is -5.08. The first-order chi connectivity index (χ1) is 17.3. The number of carbonyl (C=O) groups is 2. The lowest BCUT2D eigenvalue weighted by Gasteiger charge is -2.26. The number of nitrogens with one attached hydrogen (secondary N) is 1. The molecule has 0 saturated heterocycles. The summed E-state index contributed by atoms with van der Waals surface area (Å²) in [5.74, 6) is -1.62. The molecule has 0 fully saturated rings. The molecule has 1 N–H and O–H groups in total. The Balaban J connectivity index is 1.73. The summed E-state index contributed by atoms with van der Waals surface area (Å²) in [7, 11) is 1.42. The second-order valence-electron chi connectivity index (χ2n) is 8.76. The fourth-order valence-electron chi connectivity index (χ4n) is 4.57. The van der Waals surface area contributed by atoms with Crippen molar-refractivity contribution in [2.45, 2.75) is 44.3 Å². The van der Waals surface area contributed by atoms with E-state index >= 15 is 0 Å². The zero-order chi connectivity index (χ0) is 27.1. The van der Waals surface area contributed by atoms with Crippen LogP contribution in [0.25, 0.3) is 0 Å². The first kappa shape index (κ1) is 26.3. The van der Waals surface area contributed by atoms with Crippen molar-refractivity contribution in [2.75, 3.05) is 11.9 Å². The number of hydrogen-bond donors (Lipinski definition) is 1. The Bertz CT molecular complexity index is 1260. The highest BCUT2D eigenvalue weighted by molar-refractivity contribution is 6.08. The summed E-state index contributed by atoms with van der Waals surface area (Å²) in [6.45, 7) is 1.37. The zero-order valence-corrected chi connectivity index (χ0v) is 19.7. The molecule has 2 aromatic carbocycles. The third-order valence-corrected chi connectivity index (χ3v) is 6.39. The first-order valence-corrected chi connectivity index (χ1v) is 11.3. The Hall–Kier alpha value is -3.76. The minimum absolute atomic E-state index is 0.0126. The molecule has 1 aliphatic carbocycles. The molecular formula is C26H22F6N2O3. The van der Waals surface area contributed by atoms with Gasteiger partial charge in [-0.2, -0.15) is 26.3 Å². The summed E-state index contributed by atoms with van der Waals surface area (Å²) in [6, 6.07) is 8.43. The summed E-state index contributed by atoms with van der Waals surface area (Å²) in [4.78, 5) is 26.2. The maximum absolute atomic E-state index is 13.4. The Labute approximate surface area is 208 Å². The summed E-state index contributed by atoms with van der Waals surface area (Å²) < 4.78 is 86.1. The number of anilines is 1. The standard InChI is InChI=1S/C26H22F6N2O3/c1-14-9-22(37-13-21(23(35)33-2)20-8-7-15-5-3-4-6-19(15)20)34(24(14)36)18-11-16(25(27,28)29)10-17(12-18)26(30,31)32/h3-6,9-13,20,22H,7-8H2,1-2H3,(H,33,35)/b21-13+. The van der Waals surface area contributed by atoms with E-state index in [0.29, 0.717) is 29.9 Å². The van der Waals surface area contributed by atoms with E-state index in [0.717, 1.165) is 17.4 Å². The number of benzene rings is 2. The molecule has 0 spiro atoms. The second kappa shape index (κ2) is 9.60. The number of fused-ring (bicyclic) bond motifs is 1. The normalized spacial score (nSPS) is 20.1. The molecule has 37 heavy (non-hydrogen) atoms. The molecule has 2 atom stereocenters. The lowest BCUT2D eigenvalue weighted by Crippen LogP contribution is -2.36. The van der Waals surface area contributed by atoms with Gasteiger partial charge in [-0.3, -0.25) is 14.5 Å². The van der Waals surface area contributed by atoms with Crippen LogP contribution in [0.4, 0.5) is 32.0 Å². The molecule has 5 nitrogen and oxygen atoms in total. The lowest BCUT2D eigenvalue weighted by molar-refractivity contribution is -0.143. The molecule has 0 bridgehead atoms. The highest BCUT2D eigenvalue weighted by atomic mass is 19.4.